The molecule has 0 saturated heterocycles. The molecule has 2 aliphatic rings. The summed E-state index contributed by atoms with van der Waals surface area (Å²) in [5.41, 5.74) is 3.63. The average Bonchev–Trinajstić information content (AvgIpc) is 2.35. The summed E-state index contributed by atoms with van der Waals surface area (Å²) in [4.78, 5) is 13.6. The second-order valence-corrected chi connectivity index (χ2v) is 4.12. The molecule has 0 radical (unpaired) electrons. The van der Waals surface area contributed by atoms with Crippen LogP contribution in [0.25, 0.3) is 0 Å². The standard InChI is InChI=1S/C15H16N2O/c1-4-6-7-13-12(5-2)8-9-17-14(13)10-11(3)16-15(17)18/h4-7,10H,1-3,8-9H2,(H,16,18)/b7-6-. The van der Waals surface area contributed by atoms with Gasteiger partial charge in [-0.25, -0.2) is 4.79 Å². The van der Waals surface area contributed by atoms with Crippen LogP contribution >= 0.6 is 0 Å². The largest absolute Gasteiger partial charge is 0.326 e. The van der Waals surface area contributed by atoms with Gasteiger partial charge in [0.1, 0.15) is 0 Å². The van der Waals surface area contributed by atoms with Crippen molar-refractivity contribution in [3.63, 3.8) is 0 Å². The highest BCUT2D eigenvalue weighted by molar-refractivity contribution is 5.83. The Morgan fingerprint density at radius 1 is 1.39 bits per heavy atom. The van der Waals surface area contributed by atoms with Crippen LogP contribution in [0.2, 0.25) is 0 Å². The fraction of sp³-hybridized carbons (Fsp3) is 0.133. The third-order valence-corrected chi connectivity index (χ3v) is 2.99. The first-order valence-corrected chi connectivity index (χ1v) is 5.81. The molecule has 18 heavy (non-hydrogen) atoms. The summed E-state index contributed by atoms with van der Waals surface area (Å²) in [5, 5.41) is 2.71. The van der Waals surface area contributed by atoms with Gasteiger partial charge in [-0.15, -0.1) is 0 Å². The molecule has 0 fully saturated rings. The predicted molar refractivity (Wildman–Crippen MR) is 73.6 cm³/mol. The van der Waals surface area contributed by atoms with Crippen molar-refractivity contribution >= 4 is 6.03 Å². The van der Waals surface area contributed by atoms with Gasteiger partial charge in [-0.3, -0.25) is 4.90 Å². The van der Waals surface area contributed by atoms with Gasteiger partial charge < -0.3 is 5.32 Å². The van der Waals surface area contributed by atoms with E-state index in [1.54, 1.807) is 11.0 Å². The quantitative estimate of drug-likeness (QED) is 0.755. The molecule has 0 spiro atoms. The molecule has 0 unspecified atom stereocenters. The molecule has 1 N–H and O–H groups in total. The topological polar surface area (TPSA) is 32.3 Å². The van der Waals surface area contributed by atoms with Gasteiger partial charge in [-0.05, 0) is 18.1 Å². The highest BCUT2D eigenvalue weighted by Gasteiger charge is 2.28. The third-order valence-electron chi connectivity index (χ3n) is 2.99. The minimum absolute atomic E-state index is 0.120. The summed E-state index contributed by atoms with van der Waals surface area (Å²) in [6, 6.07) is -0.120. The monoisotopic (exact) mass is 240 g/mol. The van der Waals surface area contributed by atoms with Crippen molar-refractivity contribution in [1.82, 2.24) is 10.2 Å². The van der Waals surface area contributed by atoms with Gasteiger partial charge in [0.2, 0.25) is 0 Å². The number of hydrogen-bond acceptors (Lipinski definition) is 1. The Kier molecular flexibility index (Phi) is 3.33. The smallest absolute Gasteiger partial charge is 0.308 e. The molecule has 3 nitrogen and oxygen atoms in total. The van der Waals surface area contributed by atoms with Gasteiger partial charge in [0.25, 0.3) is 0 Å². The Labute approximate surface area is 107 Å². The summed E-state index contributed by atoms with van der Waals surface area (Å²) >= 11 is 0. The van der Waals surface area contributed by atoms with Crippen LogP contribution in [0.15, 0.2) is 72.7 Å². The zero-order valence-corrected chi connectivity index (χ0v) is 10.3. The molecular formula is C15H16N2O. The van der Waals surface area contributed by atoms with Crippen molar-refractivity contribution in [3.05, 3.63) is 72.7 Å². The molecule has 2 amide bonds. The fourth-order valence-corrected chi connectivity index (χ4v) is 2.14. The number of urea groups is 1. The number of amides is 2. The Hall–Kier alpha value is -2.29. The van der Waals surface area contributed by atoms with E-state index in [0.29, 0.717) is 12.2 Å². The fourth-order valence-electron chi connectivity index (χ4n) is 2.14. The number of hydrogen-bond donors (Lipinski definition) is 1. The van der Waals surface area contributed by atoms with Crippen LogP contribution in [0.3, 0.4) is 0 Å². The van der Waals surface area contributed by atoms with E-state index in [1.807, 2.05) is 24.3 Å². The normalized spacial score (nSPS) is 19.6. The molecule has 0 aromatic rings. The summed E-state index contributed by atoms with van der Waals surface area (Å²) in [6.07, 6.45) is 10.1. The van der Waals surface area contributed by atoms with E-state index in [4.69, 9.17) is 0 Å². The maximum absolute atomic E-state index is 11.9. The average molecular weight is 240 g/mol. The van der Waals surface area contributed by atoms with Gasteiger partial charge in [-0.2, -0.15) is 0 Å². The van der Waals surface area contributed by atoms with E-state index >= 15 is 0 Å². The predicted octanol–water partition coefficient (Wildman–Crippen LogP) is 3.04. The van der Waals surface area contributed by atoms with Crippen LogP contribution in [0.5, 0.6) is 0 Å². The maximum atomic E-state index is 11.9. The van der Waals surface area contributed by atoms with Gasteiger partial charge in [-0.1, -0.05) is 44.0 Å². The summed E-state index contributed by atoms with van der Waals surface area (Å²) in [5.74, 6) is 0. The van der Waals surface area contributed by atoms with Crippen molar-refractivity contribution in [3.8, 4) is 0 Å². The third kappa shape index (κ3) is 2.07. The lowest BCUT2D eigenvalue weighted by Gasteiger charge is -2.35. The van der Waals surface area contributed by atoms with Crippen molar-refractivity contribution in [2.75, 3.05) is 6.54 Å². The summed E-state index contributed by atoms with van der Waals surface area (Å²) < 4.78 is 0. The molecule has 0 bridgehead atoms. The lowest BCUT2D eigenvalue weighted by atomic mass is 9.94. The van der Waals surface area contributed by atoms with E-state index in [1.165, 1.54) is 0 Å². The van der Waals surface area contributed by atoms with Crippen LogP contribution in [-0.4, -0.2) is 17.5 Å². The van der Waals surface area contributed by atoms with Crippen LogP contribution < -0.4 is 5.32 Å². The SMILES string of the molecule is C=C/C=C\C1=C(C=C)CCN2C(=O)NC(=C)C=C12. The number of allylic oxidation sites excluding steroid dienone is 5. The van der Waals surface area contributed by atoms with E-state index in [0.717, 1.165) is 23.3 Å². The zero-order valence-electron chi connectivity index (χ0n) is 10.3. The second kappa shape index (κ2) is 4.92. The Bertz CT molecular complexity index is 521. The van der Waals surface area contributed by atoms with E-state index < -0.39 is 0 Å². The first-order valence-electron chi connectivity index (χ1n) is 5.81. The van der Waals surface area contributed by atoms with Crippen molar-refractivity contribution in [2.24, 2.45) is 0 Å². The van der Waals surface area contributed by atoms with E-state index in [2.05, 4.69) is 25.1 Å². The highest BCUT2D eigenvalue weighted by Crippen LogP contribution is 2.31. The number of carbonyl (C=O) groups excluding carboxylic acids is 1. The molecular weight excluding hydrogens is 224 g/mol. The molecule has 2 heterocycles. The Morgan fingerprint density at radius 3 is 2.83 bits per heavy atom. The zero-order chi connectivity index (χ0) is 13.1. The number of nitrogens with one attached hydrogen (secondary N) is 1. The molecule has 0 aromatic heterocycles. The Morgan fingerprint density at radius 2 is 2.17 bits per heavy atom. The molecule has 92 valence electrons. The molecule has 2 aliphatic heterocycles. The second-order valence-electron chi connectivity index (χ2n) is 4.12. The number of nitrogens with zero attached hydrogens (tertiary/aromatic N) is 1. The molecule has 0 saturated carbocycles. The minimum atomic E-state index is -0.120. The van der Waals surface area contributed by atoms with E-state index in [9.17, 15) is 4.79 Å². The van der Waals surface area contributed by atoms with Crippen molar-refractivity contribution < 1.29 is 4.79 Å². The molecule has 0 atom stereocenters. The van der Waals surface area contributed by atoms with Crippen LogP contribution in [-0.2, 0) is 0 Å². The molecule has 2 rings (SSSR count). The maximum Gasteiger partial charge on any atom is 0.326 e. The molecule has 0 aliphatic carbocycles. The van der Waals surface area contributed by atoms with Gasteiger partial charge in [0, 0.05) is 17.8 Å². The lowest BCUT2D eigenvalue weighted by Crippen LogP contribution is -2.44. The summed E-state index contributed by atoms with van der Waals surface area (Å²) in [6.45, 7) is 12.0. The van der Waals surface area contributed by atoms with Crippen LogP contribution in [0, 0.1) is 0 Å². The van der Waals surface area contributed by atoms with Crippen LogP contribution in [0.1, 0.15) is 6.42 Å². The molecule has 0 aromatic carbocycles. The van der Waals surface area contributed by atoms with E-state index in [-0.39, 0.29) is 6.03 Å². The first kappa shape index (κ1) is 12.2. The lowest BCUT2D eigenvalue weighted by molar-refractivity contribution is 0.212. The summed E-state index contributed by atoms with van der Waals surface area (Å²) in [7, 11) is 0. The molecule has 3 heteroatoms. The van der Waals surface area contributed by atoms with Crippen LogP contribution in [0.4, 0.5) is 4.79 Å². The number of fused-ring (bicyclic) bond motifs is 1. The number of carbonyl (C=O) groups is 1. The van der Waals surface area contributed by atoms with Gasteiger partial charge in [0.05, 0.1) is 5.70 Å². The highest BCUT2D eigenvalue weighted by atomic mass is 16.2. The van der Waals surface area contributed by atoms with Crippen molar-refractivity contribution in [1.29, 1.82) is 0 Å². The van der Waals surface area contributed by atoms with Gasteiger partial charge in [0.15, 0.2) is 0 Å². The minimum Gasteiger partial charge on any atom is -0.308 e. The van der Waals surface area contributed by atoms with Gasteiger partial charge >= 0.3 is 6.03 Å². The first-order chi connectivity index (χ1) is 8.67. The Balaban J connectivity index is 2.53. The number of rotatable bonds is 3. The van der Waals surface area contributed by atoms with Crippen molar-refractivity contribution in [2.45, 2.75) is 6.42 Å².